The van der Waals surface area contributed by atoms with Crippen molar-refractivity contribution in [1.29, 1.82) is 0 Å². The Balaban J connectivity index is 1.62. The highest BCUT2D eigenvalue weighted by molar-refractivity contribution is 5.10. The predicted octanol–water partition coefficient (Wildman–Crippen LogP) is 0.766. The van der Waals surface area contributed by atoms with Crippen molar-refractivity contribution in [3.05, 3.63) is 56.6 Å². The van der Waals surface area contributed by atoms with Gasteiger partial charge in [-0.15, -0.1) is 0 Å². The molecular formula is C18H25N5O2. The molecule has 3 rings (SSSR count). The molecule has 1 fully saturated rings. The van der Waals surface area contributed by atoms with Crippen LogP contribution >= 0.6 is 0 Å². The Morgan fingerprint density at radius 3 is 2.52 bits per heavy atom. The van der Waals surface area contributed by atoms with E-state index in [0.717, 1.165) is 24.6 Å². The molecule has 0 amide bonds. The van der Waals surface area contributed by atoms with Gasteiger partial charge in [0.2, 0.25) is 0 Å². The van der Waals surface area contributed by atoms with Gasteiger partial charge in [0.05, 0.1) is 18.8 Å². The zero-order valence-corrected chi connectivity index (χ0v) is 15.3. The smallest absolute Gasteiger partial charge is 0.266 e. The highest BCUT2D eigenvalue weighted by Crippen LogP contribution is 2.20. The van der Waals surface area contributed by atoms with Gasteiger partial charge in [-0.3, -0.25) is 19.1 Å². The van der Waals surface area contributed by atoms with E-state index in [-0.39, 0.29) is 16.5 Å². The van der Waals surface area contributed by atoms with Gasteiger partial charge in [0.15, 0.2) is 0 Å². The number of hydrogen-bond acceptors (Lipinski definition) is 5. The second-order valence-electron chi connectivity index (χ2n) is 7.81. The summed E-state index contributed by atoms with van der Waals surface area (Å²) in [6.45, 7) is 9.29. The largest absolute Gasteiger partial charge is 0.299 e. The summed E-state index contributed by atoms with van der Waals surface area (Å²) in [7, 11) is 1.74. The molecule has 7 heteroatoms. The fraction of sp³-hybridized carbons (Fsp3) is 0.556. The summed E-state index contributed by atoms with van der Waals surface area (Å²) in [5.41, 5.74) is 0.743. The van der Waals surface area contributed by atoms with Gasteiger partial charge >= 0.3 is 0 Å². The molecular weight excluding hydrogens is 318 g/mol. The molecule has 0 N–H and O–H groups in total. The summed E-state index contributed by atoms with van der Waals surface area (Å²) < 4.78 is 3.16. The second-order valence-corrected chi connectivity index (χ2v) is 7.81. The van der Waals surface area contributed by atoms with Crippen LogP contribution in [0.2, 0.25) is 0 Å². The average molecular weight is 343 g/mol. The first-order chi connectivity index (χ1) is 11.7. The van der Waals surface area contributed by atoms with Crippen LogP contribution in [0.1, 0.15) is 32.3 Å². The fourth-order valence-electron chi connectivity index (χ4n) is 3.01. The molecule has 0 aromatic carbocycles. The van der Waals surface area contributed by atoms with Crippen LogP contribution in [-0.4, -0.2) is 37.3 Å². The van der Waals surface area contributed by atoms with Crippen molar-refractivity contribution in [1.82, 2.24) is 24.2 Å². The Morgan fingerprint density at radius 1 is 1.12 bits per heavy atom. The Hall–Kier alpha value is -2.28. The molecule has 25 heavy (non-hydrogen) atoms. The molecule has 1 saturated heterocycles. The predicted molar refractivity (Wildman–Crippen MR) is 95.4 cm³/mol. The van der Waals surface area contributed by atoms with E-state index >= 15 is 0 Å². The van der Waals surface area contributed by atoms with Crippen molar-refractivity contribution in [2.75, 3.05) is 13.1 Å². The van der Waals surface area contributed by atoms with E-state index in [4.69, 9.17) is 0 Å². The summed E-state index contributed by atoms with van der Waals surface area (Å²) in [6.07, 6.45) is 1.55. The minimum atomic E-state index is -0.0785. The van der Waals surface area contributed by atoms with Gasteiger partial charge in [-0.2, -0.15) is 5.10 Å². The van der Waals surface area contributed by atoms with Crippen LogP contribution in [0.15, 0.2) is 34.0 Å². The standard InChI is InChI=1S/C18H25N5O2/c1-18(2,3)14-5-6-17(25)23(20-14)11-13-9-22(10-13)12-15-19-8-7-16(24)21(15)4/h5-8,13H,9-12H2,1-4H3. The molecule has 0 saturated carbocycles. The lowest BCUT2D eigenvalue weighted by molar-refractivity contribution is 0.0724. The highest BCUT2D eigenvalue weighted by atomic mass is 16.1. The van der Waals surface area contributed by atoms with Crippen LogP contribution in [0.3, 0.4) is 0 Å². The summed E-state index contributed by atoms with van der Waals surface area (Å²) in [4.78, 5) is 30.2. The summed E-state index contributed by atoms with van der Waals surface area (Å²) in [6, 6.07) is 4.88. The second kappa shape index (κ2) is 6.55. The molecule has 0 atom stereocenters. The van der Waals surface area contributed by atoms with Crippen molar-refractivity contribution < 1.29 is 0 Å². The monoisotopic (exact) mass is 343 g/mol. The van der Waals surface area contributed by atoms with E-state index in [1.807, 2.05) is 6.07 Å². The maximum Gasteiger partial charge on any atom is 0.266 e. The minimum Gasteiger partial charge on any atom is -0.299 e. The Bertz CT molecular complexity index is 872. The molecule has 7 nitrogen and oxygen atoms in total. The van der Waals surface area contributed by atoms with Crippen molar-refractivity contribution in [3.63, 3.8) is 0 Å². The Morgan fingerprint density at radius 2 is 1.84 bits per heavy atom. The maximum atomic E-state index is 12.1. The molecule has 0 unspecified atom stereocenters. The van der Waals surface area contributed by atoms with E-state index < -0.39 is 0 Å². The molecule has 1 aliphatic heterocycles. The quantitative estimate of drug-likeness (QED) is 0.820. The van der Waals surface area contributed by atoms with Gasteiger partial charge in [0.25, 0.3) is 11.1 Å². The third-order valence-corrected chi connectivity index (χ3v) is 4.62. The molecule has 2 aromatic heterocycles. The first-order valence-corrected chi connectivity index (χ1v) is 8.56. The van der Waals surface area contributed by atoms with Crippen LogP contribution < -0.4 is 11.1 Å². The van der Waals surface area contributed by atoms with Crippen molar-refractivity contribution >= 4 is 0 Å². The number of hydrogen-bond donors (Lipinski definition) is 0. The van der Waals surface area contributed by atoms with Crippen molar-refractivity contribution in [3.8, 4) is 0 Å². The van der Waals surface area contributed by atoms with Gasteiger partial charge in [-0.25, -0.2) is 9.67 Å². The van der Waals surface area contributed by atoms with Crippen LogP contribution in [-0.2, 0) is 25.6 Å². The van der Waals surface area contributed by atoms with Gasteiger partial charge in [-0.1, -0.05) is 20.8 Å². The molecule has 3 heterocycles. The fourth-order valence-corrected chi connectivity index (χ4v) is 3.01. The highest BCUT2D eigenvalue weighted by Gasteiger charge is 2.28. The average Bonchev–Trinajstić information content (AvgIpc) is 2.50. The van der Waals surface area contributed by atoms with E-state index in [9.17, 15) is 9.59 Å². The molecule has 134 valence electrons. The molecule has 2 aromatic rings. The lowest BCUT2D eigenvalue weighted by Gasteiger charge is -2.39. The number of rotatable bonds is 4. The molecule has 0 radical (unpaired) electrons. The Labute approximate surface area is 146 Å². The summed E-state index contributed by atoms with van der Waals surface area (Å²) >= 11 is 0. The number of likely N-dealkylation sites (tertiary alicyclic amines) is 1. The molecule has 1 aliphatic rings. The van der Waals surface area contributed by atoms with Gasteiger partial charge in [-0.05, 0) is 6.07 Å². The zero-order valence-electron chi connectivity index (χ0n) is 15.3. The zero-order chi connectivity index (χ0) is 18.2. The van der Waals surface area contributed by atoms with Crippen molar-refractivity contribution in [2.45, 2.75) is 39.3 Å². The van der Waals surface area contributed by atoms with Gasteiger partial charge in [0.1, 0.15) is 5.82 Å². The lowest BCUT2D eigenvalue weighted by Crippen LogP contribution is -2.49. The third-order valence-electron chi connectivity index (χ3n) is 4.62. The maximum absolute atomic E-state index is 12.1. The van der Waals surface area contributed by atoms with Crippen LogP contribution in [0, 0.1) is 5.92 Å². The SMILES string of the molecule is Cn1c(CN2CC(Cn3nc(C(C)(C)C)ccc3=O)C2)nccc1=O. The molecule has 0 aliphatic carbocycles. The van der Waals surface area contributed by atoms with E-state index in [1.54, 1.807) is 28.6 Å². The van der Waals surface area contributed by atoms with Crippen LogP contribution in [0.25, 0.3) is 0 Å². The first-order valence-electron chi connectivity index (χ1n) is 8.56. The topological polar surface area (TPSA) is 73.0 Å². The van der Waals surface area contributed by atoms with E-state index in [0.29, 0.717) is 19.0 Å². The first kappa shape index (κ1) is 17.5. The lowest BCUT2D eigenvalue weighted by atomic mass is 9.92. The summed E-state index contributed by atoms with van der Waals surface area (Å²) in [5, 5.41) is 4.53. The van der Waals surface area contributed by atoms with E-state index in [1.165, 1.54) is 6.07 Å². The molecule has 0 spiro atoms. The van der Waals surface area contributed by atoms with Crippen LogP contribution in [0.5, 0.6) is 0 Å². The van der Waals surface area contributed by atoms with Gasteiger partial charge in [0, 0.05) is 49.8 Å². The number of aromatic nitrogens is 4. The third kappa shape index (κ3) is 3.87. The normalized spacial score (nSPS) is 16.0. The number of nitrogens with zero attached hydrogens (tertiary/aromatic N) is 5. The summed E-state index contributed by atoms with van der Waals surface area (Å²) in [5.74, 6) is 1.15. The van der Waals surface area contributed by atoms with Gasteiger partial charge < -0.3 is 0 Å². The van der Waals surface area contributed by atoms with E-state index in [2.05, 4.69) is 35.8 Å². The Kier molecular flexibility index (Phi) is 4.60. The minimum absolute atomic E-state index is 0.0446. The van der Waals surface area contributed by atoms with Crippen molar-refractivity contribution in [2.24, 2.45) is 13.0 Å². The molecule has 0 bridgehead atoms. The van der Waals surface area contributed by atoms with Crippen LogP contribution in [0.4, 0.5) is 0 Å².